The standard InChI is InChI=1S/C18H28N2S/c1-18(2,14-13-15-9-5-3-6-10-15)20-17(21)19-16-11-7-4-8-12-16/h3,5-6,9-10,16H,4,7-8,11-14H2,1-2H3,(H2,19,20,21). The highest BCUT2D eigenvalue weighted by Crippen LogP contribution is 2.18. The maximum atomic E-state index is 5.49. The van der Waals surface area contributed by atoms with Gasteiger partial charge in [-0.15, -0.1) is 0 Å². The summed E-state index contributed by atoms with van der Waals surface area (Å²) >= 11 is 5.49. The summed E-state index contributed by atoms with van der Waals surface area (Å²) in [7, 11) is 0. The van der Waals surface area contributed by atoms with E-state index in [1.54, 1.807) is 0 Å². The number of hydrogen-bond donors (Lipinski definition) is 2. The van der Waals surface area contributed by atoms with Gasteiger partial charge in [0.15, 0.2) is 5.11 Å². The van der Waals surface area contributed by atoms with Crippen molar-refractivity contribution in [2.75, 3.05) is 0 Å². The quantitative estimate of drug-likeness (QED) is 0.797. The topological polar surface area (TPSA) is 24.1 Å². The molecule has 21 heavy (non-hydrogen) atoms. The van der Waals surface area contributed by atoms with Crippen molar-refractivity contribution >= 4 is 17.3 Å². The van der Waals surface area contributed by atoms with Crippen molar-refractivity contribution in [3.63, 3.8) is 0 Å². The van der Waals surface area contributed by atoms with Crippen LogP contribution in [0.5, 0.6) is 0 Å². The molecule has 0 spiro atoms. The van der Waals surface area contributed by atoms with Gasteiger partial charge < -0.3 is 10.6 Å². The molecule has 0 aliphatic heterocycles. The van der Waals surface area contributed by atoms with Gasteiger partial charge in [-0.25, -0.2) is 0 Å². The number of aryl methyl sites for hydroxylation is 1. The largest absolute Gasteiger partial charge is 0.360 e. The van der Waals surface area contributed by atoms with Gasteiger partial charge in [0.2, 0.25) is 0 Å². The first-order chi connectivity index (χ1) is 10.1. The molecule has 116 valence electrons. The lowest BCUT2D eigenvalue weighted by Crippen LogP contribution is -2.51. The minimum Gasteiger partial charge on any atom is -0.360 e. The molecule has 0 saturated heterocycles. The lowest BCUT2D eigenvalue weighted by atomic mass is 9.95. The van der Waals surface area contributed by atoms with Gasteiger partial charge in [-0.05, 0) is 57.3 Å². The predicted molar refractivity (Wildman–Crippen MR) is 94.6 cm³/mol. The summed E-state index contributed by atoms with van der Waals surface area (Å²) < 4.78 is 0. The first-order valence-corrected chi connectivity index (χ1v) is 8.59. The van der Waals surface area contributed by atoms with Crippen LogP contribution in [-0.4, -0.2) is 16.7 Å². The Morgan fingerprint density at radius 1 is 1.14 bits per heavy atom. The Kier molecular flexibility index (Phi) is 6.04. The van der Waals surface area contributed by atoms with E-state index in [1.807, 2.05) is 0 Å². The van der Waals surface area contributed by atoms with Crippen molar-refractivity contribution in [2.24, 2.45) is 0 Å². The minimum atomic E-state index is 0.0224. The zero-order valence-corrected chi connectivity index (χ0v) is 14.1. The molecule has 0 aromatic heterocycles. The van der Waals surface area contributed by atoms with Crippen LogP contribution >= 0.6 is 12.2 Å². The van der Waals surface area contributed by atoms with Crippen LogP contribution < -0.4 is 10.6 Å². The monoisotopic (exact) mass is 304 g/mol. The fourth-order valence-corrected chi connectivity index (χ4v) is 3.38. The molecule has 1 fully saturated rings. The zero-order valence-electron chi connectivity index (χ0n) is 13.3. The van der Waals surface area contributed by atoms with Crippen LogP contribution in [0, 0.1) is 0 Å². The highest BCUT2D eigenvalue weighted by atomic mass is 32.1. The summed E-state index contributed by atoms with van der Waals surface area (Å²) in [5.41, 5.74) is 1.41. The maximum Gasteiger partial charge on any atom is 0.166 e. The Bertz CT molecular complexity index is 436. The summed E-state index contributed by atoms with van der Waals surface area (Å²) in [4.78, 5) is 0. The Hall–Kier alpha value is -1.09. The van der Waals surface area contributed by atoms with E-state index >= 15 is 0 Å². The van der Waals surface area contributed by atoms with Gasteiger partial charge in [0.1, 0.15) is 0 Å². The third kappa shape index (κ3) is 6.04. The molecule has 0 heterocycles. The second-order valence-corrected chi connectivity index (χ2v) is 7.21. The van der Waals surface area contributed by atoms with Gasteiger partial charge in [-0.1, -0.05) is 49.6 Å². The highest BCUT2D eigenvalue weighted by Gasteiger charge is 2.20. The number of rotatable bonds is 5. The van der Waals surface area contributed by atoms with Gasteiger partial charge in [-0.3, -0.25) is 0 Å². The van der Waals surface area contributed by atoms with Crippen LogP contribution in [0.3, 0.4) is 0 Å². The van der Waals surface area contributed by atoms with Gasteiger partial charge in [0.05, 0.1) is 0 Å². The van der Waals surface area contributed by atoms with Crippen LogP contribution in [0.1, 0.15) is 57.9 Å². The molecule has 0 amide bonds. The first-order valence-electron chi connectivity index (χ1n) is 8.18. The fourth-order valence-electron chi connectivity index (χ4n) is 2.94. The first kappa shape index (κ1) is 16.3. The van der Waals surface area contributed by atoms with Crippen molar-refractivity contribution < 1.29 is 0 Å². The second kappa shape index (κ2) is 7.79. The maximum absolute atomic E-state index is 5.49. The molecule has 2 nitrogen and oxygen atoms in total. The molecule has 0 unspecified atom stereocenters. The van der Waals surface area contributed by atoms with Crippen LogP contribution in [0.25, 0.3) is 0 Å². The Morgan fingerprint density at radius 2 is 1.81 bits per heavy atom. The van der Waals surface area contributed by atoms with E-state index in [0.29, 0.717) is 6.04 Å². The van der Waals surface area contributed by atoms with Crippen LogP contribution in [0.15, 0.2) is 30.3 Å². The molecule has 1 aromatic carbocycles. The van der Waals surface area contributed by atoms with Crippen molar-refractivity contribution in [3.05, 3.63) is 35.9 Å². The van der Waals surface area contributed by atoms with Crippen LogP contribution in [0.2, 0.25) is 0 Å². The SMILES string of the molecule is CC(C)(CCc1ccccc1)NC(=S)NC1CCCCC1. The molecule has 1 aliphatic carbocycles. The van der Waals surface area contributed by atoms with Crippen LogP contribution in [-0.2, 0) is 6.42 Å². The predicted octanol–water partition coefficient (Wildman–Crippen LogP) is 4.19. The average molecular weight is 305 g/mol. The van der Waals surface area contributed by atoms with E-state index in [2.05, 4.69) is 54.8 Å². The molecular formula is C18H28N2S. The summed E-state index contributed by atoms with van der Waals surface area (Å²) in [6.45, 7) is 4.45. The number of nitrogens with one attached hydrogen (secondary N) is 2. The molecule has 1 aliphatic rings. The lowest BCUT2D eigenvalue weighted by Gasteiger charge is -2.31. The van der Waals surface area contributed by atoms with E-state index in [0.717, 1.165) is 18.0 Å². The Morgan fingerprint density at radius 3 is 2.48 bits per heavy atom. The summed E-state index contributed by atoms with van der Waals surface area (Å²) in [5.74, 6) is 0. The summed E-state index contributed by atoms with van der Waals surface area (Å²) in [6, 6.07) is 11.2. The Labute approximate surface area is 134 Å². The van der Waals surface area contributed by atoms with E-state index in [4.69, 9.17) is 12.2 Å². The van der Waals surface area contributed by atoms with Crippen molar-refractivity contribution in [1.29, 1.82) is 0 Å². The van der Waals surface area contributed by atoms with E-state index in [9.17, 15) is 0 Å². The van der Waals surface area contributed by atoms with E-state index in [-0.39, 0.29) is 5.54 Å². The van der Waals surface area contributed by atoms with Crippen molar-refractivity contribution in [2.45, 2.75) is 70.4 Å². The van der Waals surface area contributed by atoms with Crippen molar-refractivity contribution in [3.8, 4) is 0 Å². The smallest absolute Gasteiger partial charge is 0.166 e. The van der Waals surface area contributed by atoms with E-state index < -0.39 is 0 Å². The number of thiocarbonyl (C=S) groups is 1. The zero-order chi connectivity index (χ0) is 15.1. The normalized spacial score (nSPS) is 16.5. The molecule has 0 atom stereocenters. The second-order valence-electron chi connectivity index (χ2n) is 6.80. The molecule has 1 saturated carbocycles. The Balaban J connectivity index is 1.75. The molecule has 0 bridgehead atoms. The summed E-state index contributed by atoms with van der Waals surface area (Å²) in [5, 5.41) is 7.81. The average Bonchev–Trinajstić information content (AvgIpc) is 2.47. The molecule has 0 radical (unpaired) electrons. The lowest BCUT2D eigenvalue weighted by molar-refractivity contribution is 0.391. The van der Waals surface area contributed by atoms with Gasteiger partial charge >= 0.3 is 0 Å². The van der Waals surface area contributed by atoms with Gasteiger partial charge in [-0.2, -0.15) is 0 Å². The number of hydrogen-bond acceptors (Lipinski definition) is 1. The van der Waals surface area contributed by atoms with Gasteiger partial charge in [0.25, 0.3) is 0 Å². The van der Waals surface area contributed by atoms with Crippen LogP contribution in [0.4, 0.5) is 0 Å². The fraction of sp³-hybridized carbons (Fsp3) is 0.611. The van der Waals surface area contributed by atoms with Crippen molar-refractivity contribution in [1.82, 2.24) is 10.6 Å². The third-order valence-corrected chi connectivity index (χ3v) is 4.49. The molecule has 2 rings (SSSR count). The molecule has 3 heteroatoms. The highest BCUT2D eigenvalue weighted by molar-refractivity contribution is 7.80. The molecule has 1 aromatic rings. The number of benzene rings is 1. The molecular weight excluding hydrogens is 276 g/mol. The third-order valence-electron chi connectivity index (χ3n) is 4.27. The van der Waals surface area contributed by atoms with Gasteiger partial charge in [0, 0.05) is 11.6 Å². The summed E-state index contributed by atoms with van der Waals surface area (Å²) in [6.07, 6.45) is 8.70. The minimum absolute atomic E-state index is 0.0224. The molecule has 2 N–H and O–H groups in total. The van der Waals surface area contributed by atoms with E-state index in [1.165, 1.54) is 37.7 Å².